The number of halogens is 1. The van der Waals surface area contributed by atoms with E-state index in [0.29, 0.717) is 25.9 Å². The molecule has 2 amide bonds. The Balaban J connectivity index is 0.000000271. The van der Waals surface area contributed by atoms with E-state index in [1.165, 1.54) is 12.1 Å². The van der Waals surface area contributed by atoms with Gasteiger partial charge in [-0.1, -0.05) is 32.6 Å². The molecule has 1 aromatic carbocycles. The van der Waals surface area contributed by atoms with E-state index < -0.39 is 0 Å². The molecule has 1 heterocycles. The number of nitrogens with zero attached hydrogens (tertiary/aromatic N) is 1. The molecule has 0 bridgehead atoms. The molecule has 27 heavy (non-hydrogen) atoms. The van der Waals surface area contributed by atoms with E-state index in [9.17, 15) is 19.1 Å². The summed E-state index contributed by atoms with van der Waals surface area (Å²) < 4.78 is 12.7. The molecular formula is C21H29FN2O3. The Labute approximate surface area is 160 Å². The second kappa shape index (κ2) is 10.7. The van der Waals surface area contributed by atoms with Crippen LogP contribution in [0.4, 0.5) is 4.39 Å². The highest BCUT2D eigenvalue weighted by atomic mass is 19.1. The molecule has 1 fully saturated rings. The minimum absolute atomic E-state index is 0.0463. The van der Waals surface area contributed by atoms with E-state index in [-0.39, 0.29) is 23.2 Å². The molecule has 1 unspecified atom stereocenters. The minimum atomic E-state index is -0.302. The van der Waals surface area contributed by atoms with Crippen molar-refractivity contribution in [1.29, 1.82) is 0 Å². The molecule has 148 valence electrons. The second-order valence-corrected chi connectivity index (χ2v) is 7.78. The van der Waals surface area contributed by atoms with Crippen LogP contribution in [0.2, 0.25) is 0 Å². The van der Waals surface area contributed by atoms with Crippen molar-refractivity contribution in [2.24, 2.45) is 5.41 Å². The van der Waals surface area contributed by atoms with Gasteiger partial charge in [-0.05, 0) is 42.5 Å². The third kappa shape index (κ3) is 9.20. The van der Waals surface area contributed by atoms with Crippen LogP contribution in [0.3, 0.4) is 0 Å². The number of hydrogen-bond acceptors (Lipinski definition) is 3. The molecule has 0 aliphatic carbocycles. The van der Waals surface area contributed by atoms with Gasteiger partial charge in [0.15, 0.2) is 0 Å². The Morgan fingerprint density at radius 1 is 1.44 bits per heavy atom. The first-order valence-electron chi connectivity index (χ1n) is 9.00. The molecule has 0 radical (unpaired) electrons. The highest BCUT2D eigenvalue weighted by molar-refractivity contribution is 5.77. The van der Waals surface area contributed by atoms with Crippen LogP contribution in [0.25, 0.3) is 0 Å². The zero-order valence-corrected chi connectivity index (χ0v) is 16.5. The van der Waals surface area contributed by atoms with Gasteiger partial charge in [-0.3, -0.25) is 9.59 Å². The fraction of sp³-hybridized carbons (Fsp3) is 0.524. The number of amides is 2. The Hall–Kier alpha value is -2.39. The molecule has 1 aliphatic rings. The predicted octanol–water partition coefficient (Wildman–Crippen LogP) is 2.25. The first-order valence-corrected chi connectivity index (χ1v) is 9.00. The van der Waals surface area contributed by atoms with E-state index in [1.807, 2.05) is 0 Å². The van der Waals surface area contributed by atoms with Crippen LogP contribution in [0.5, 0.6) is 0 Å². The minimum Gasteiger partial charge on any atom is -0.391 e. The Morgan fingerprint density at radius 2 is 2.15 bits per heavy atom. The van der Waals surface area contributed by atoms with E-state index in [2.05, 4.69) is 37.9 Å². The molecule has 0 aromatic heterocycles. The number of aryl methyl sites for hydroxylation is 1. The monoisotopic (exact) mass is 376 g/mol. The van der Waals surface area contributed by atoms with E-state index >= 15 is 0 Å². The largest absolute Gasteiger partial charge is 0.391 e. The molecule has 6 heteroatoms. The van der Waals surface area contributed by atoms with Gasteiger partial charge < -0.3 is 15.3 Å². The zero-order chi connectivity index (χ0) is 20.4. The van der Waals surface area contributed by atoms with Gasteiger partial charge in [0.25, 0.3) is 0 Å². The van der Waals surface area contributed by atoms with Crippen molar-refractivity contribution in [1.82, 2.24) is 10.2 Å². The third-order valence-corrected chi connectivity index (χ3v) is 3.88. The summed E-state index contributed by atoms with van der Waals surface area (Å²) in [5, 5.41) is 11.7. The number of likely N-dealkylation sites (tertiary alicyclic amines) is 1. The van der Waals surface area contributed by atoms with Crippen molar-refractivity contribution >= 4 is 12.3 Å². The number of rotatable bonds is 3. The molecule has 1 saturated heterocycles. The van der Waals surface area contributed by atoms with Crippen LogP contribution >= 0.6 is 0 Å². The molecule has 1 aliphatic heterocycles. The highest BCUT2D eigenvalue weighted by Gasteiger charge is 2.27. The summed E-state index contributed by atoms with van der Waals surface area (Å²) >= 11 is 0. The van der Waals surface area contributed by atoms with Crippen molar-refractivity contribution in [2.75, 3.05) is 19.6 Å². The Kier molecular flexibility index (Phi) is 8.96. The summed E-state index contributed by atoms with van der Waals surface area (Å²) in [5.41, 5.74) is 1.62. The van der Waals surface area contributed by atoms with Crippen LogP contribution in [-0.2, 0) is 9.59 Å². The third-order valence-electron chi connectivity index (χ3n) is 3.88. The van der Waals surface area contributed by atoms with Gasteiger partial charge in [-0.15, -0.1) is 0 Å². The normalized spacial score (nSPS) is 15.9. The standard InChI is InChI=1S/C11H10FNO.C10H19NO2/c1-9-7-11(12)5-4-10(9)3-2-6-13-8-14;1-10(2,3)6-9(13)11-5-4-8(12)7-11/h4-5,7-8H,6H2,1H3,(H,13,14);8,12H,4-7H2,1-3H3. The molecule has 2 rings (SSSR count). The van der Waals surface area contributed by atoms with Gasteiger partial charge in [0.2, 0.25) is 12.3 Å². The van der Waals surface area contributed by atoms with Crippen molar-refractivity contribution in [3.05, 3.63) is 35.1 Å². The van der Waals surface area contributed by atoms with Crippen molar-refractivity contribution in [3.8, 4) is 11.8 Å². The van der Waals surface area contributed by atoms with Gasteiger partial charge in [0, 0.05) is 25.1 Å². The van der Waals surface area contributed by atoms with Crippen molar-refractivity contribution in [3.63, 3.8) is 0 Å². The van der Waals surface area contributed by atoms with Crippen LogP contribution in [-0.4, -0.2) is 48.1 Å². The fourth-order valence-electron chi connectivity index (χ4n) is 2.53. The predicted molar refractivity (Wildman–Crippen MR) is 103 cm³/mol. The maximum atomic E-state index is 12.7. The molecule has 1 atom stereocenters. The topological polar surface area (TPSA) is 69.6 Å². The lowest BCUT2D eigenvalue weighted by Crippen LogP contribution is -2.32. The Morgan fingerprint density at radius 3 is 2.67 bits per heavy atom. The number of aliphatic hydroxyl groups excluding tert-OH is 1. The summed E-state index contributed by atoms with van der Waals surface area (Å²) in [7, 11) is 0. The molecule has 0 saturated carbocycles. The van der Waals surface area contributed by atoms with Crippen molar-refractivity contribution < 1.29 is 19.1 Å². The average molecular weight is 376 g/mol. The number of β-amino-alcohol motifs (C(OH)–C–C–N with tert-alkyl or cyclic N) is 1. The van der Waals surface area contributed by atoms with Crippen LogP contribution in [0.1, 0.15) is 44.7 Å². The average Bonchev–Trinajstić information content (AvgIpc) is 2.99. The summed E-state index contributed by atoms with van der Waals surface area (Å²) in [5.74, 6) is 5.49. The SMILES string of the molecule is CC(C)(C)CC(=O)N1CCC(O)C1.Cc1cc(F)ccc1C#CCNC=O. The first kappa shape index (κ1) is 22.7. The molecule has 1 aromatic rings. The van der Waals surface area contributed by atoms with Gasteiger partial charge in [0.05, 0.1) is 12.6 Å². The summed E-state index contributed by atoms with van der Waals surface area (Å²) in [6.07, 6.45) is 1.59. The summed E-state index contributed by atoms with van der Waals surface area (Å²) in [6.45, 7) is 9.50. The van der Waals surface area contributed by atoms with E-state index in [4.69, 9.17) is 0 Å². The molecule has 0 spiro atoms. The van der Waals surface area contributed by atoms with E-state index in [1.54, 1.807) is 17.9 Å². The fourth-order valence-corrected chi connectivity index (χ4v) is 2.53. The number of hydrogen-bond donors (Lipinski definition) is 2. The smallest absolute Gasteiger partial charge is 0.223 e. The van der Waals surface area contributed by atoms with Gasteiger partial charge in [-0.25, -0.2) is 4.39 Å². The zero-order valence-electron chi connectivity index (χ0n) is 16.5. The second-order valence-electron chi connectivity index (χ2n) is 7.78. The quantitative estimate of drug-likeness (QED) is 0.483. The molecule has 5 nitrogen and oxygen atoms in total. The lowest BCUT2D eigenvalue weighted by molar-refractivity contribution is -0.132. The summed E-state index contributed by atoms with van der Waals surface area (Å²) in [4.78, 5) is 23.3. The lowest BCUT2D eigenvalue weighted by Gasteiger charge is -2.22. The number of carbonyl (C=O) groups is 2. The number of benzene rings is 1. The number of aliphatic hydroxyl groups is 1. The summed E-state index contributed by atoms with van der Waals surface area (Å²) in [6, 6.07) is 4.42. The van der Waals surface area contributed by atoms with Gasteiger partial charge in [-0.2, -0.15) is 0 Å². The van der Waals surface area contributed by atoms with Gasteiger partial charge >= 0.3 is 0 Å². The van der Waals surface area contributed by atoms with E-state index in [0.717, 1.165) is 24.1 Å². The van der Waals surface area contributed by atoms with Crippen LogP contribution in [0, 0.1) is 30.0 Å². The maximum absolute atomic E-state index is 12.7. The van der Waals surface area contributed by atoms with Crippen molar-refractivity contribution in [2.45, 2.75) is 46.6 Å². The number of carbonyl (C=O) groups excluding carboxylic acids is 2. The number of nitrogens with one attached hydrogen (secondary N) is 1. The van der Waals surface area contributed by atoms with Gasteiger partial charge in [0.1, 0.15) is 5.82 Å². The molecular weight excluding hydrogens is 347 g/mol. The lowest BCUT2D eigenvalue weighted by atomic mass is 9.92. The van der Waals surface area contributed by atoms with Crippen LogP contribution < -0.4 is 5.32 Å². The Bertz CT molecular complexity index is 702. The van der Waals surface area contributed by atoms with Crippen LogP contribution in [0.15, 0.2) is 18.2 Å². The molecule has 2 N–H and O–H groups in total. The highest BCUT2D eigenvalue weighted by Crippen LogP contribution is 2.21. The maximum Gasteiger partial charge on any atom is 0.223 e. The first-order chi connectivity index (χ1) is 12.6.